The third-order valence-corrected chi connectivity index (χ3v) is 3.44. The molecule has 1 aliphatic rings. The molecule has 0 radical (unpaired) electrons. The lowest BCUT2D eigenvalue weighted by Gasteiger charge is -2.18. The maximum Gasteiger partial charge on any atom is 0.326 e. The van der Waals surface area contributed by atoms with Gasteiger partial charge in [-0.25, -0.2) is 4.79 Å². The van der Waals surface area contributed by atoms with Crippen LogP contribution < -0.4 is 5.32 Å². The third kappa shape index (κ3) is 3.21. The van der Waals surface area contributed by atoms with E-state index < -0.39 is 22.8 Å². The number of rotatable bonds is 6. The van der Waals surface area contributed by atoms with Crippen molar-refractivity contribution in [3.8, 4) is 0 Å². The van der Waals surface area contributed by atoms with Crippen molar-refractivity contribution in [2.24, 2.45) is 5.92 Å². The molecule has 0 saturated heterocycles. The molecule has 1 fully saturated rings. The maximum absolute atomic E-state index is 12.2. The smallest absolute Gasteiger partial charge is 0.326 e. The van der Waals surface area contributed by atoms with E-state index in [0.29, 0.717) is 0 Å². The molecule has 114 valence electrons. The minimum absolute atomic E-state index is 0.0850. The number of aromatic nitrogens is 1. The van der Waals surface area contributed by atoms with E-state index in [2.05, 4.69) is 5.32 Å². The normalized spacial score (nSPS) is 15.8. The first-order chi connectivity index (χ1) is 9.81. The van der Waals surface area contributed by atoms with Crippen LogP contribution in [0.5, 0.6) is 0 Å². The molecule has 8 heteroatoms. The summed E-state index contributed by atoms with van der Waals surface area (Å²) >= 11 is 0. The summed E-state index contributed by atoms with van der Waals surface area (Å²) in [5.74, 6) is -2.01. The van der Waals surface area contributed by atoms with Gasteiger partial charge in [-0.05, 0) is 18.8 Å². The van der Waals surface area contributed by atoms with E-state index >= 15 is 0 Å². The Labute approximate surface area is 120 Å². The van der Waals surface area contributed by atoms with E-state index in [1.807, 2.05) is 0 Å². The van der Waals surface area contributed by atoms with Crippen molar-refractivity contribution < 1.29 is 19.6 Å². The fourth-order valence-electron chi connectivity index (χ4n) is 2.13. The van der Waals surface area contributed by atoms with Gasteiger partial charge in [0.25, 0.3) is 11.6 Å². The van der Waals surface area contributed by atoms with E-state index in [4.69, 9.17) is 5.11 Å². The molecule has 1 aliphatic carbocycles. The average molecular weight is 295 g/mol. The molecule has 1 atom stereocenters. The van der Waals surface area contributed by atoms with E-state index in [9.17, 15) is 19.7 Å². The standard InChI is InChI=1S/C13H17N3O5/c1-7(2)11(13(18)19)14-12(17)10-5-9(16(20)21)6-15(10)8-3-4-8/h5-8,11H,3-4H2,1-2H3,(H,14,17)(H,18,19)/t11-/m0/s1. The van der Waals surface area contributed by atoms with Crippen LogP contribution in [0.15, 0.2) is 12.3 Å². The Kier molecular flexibility index (Phi) is 3.97. The van der Waals surface area contributed by atoms with Crippen molar-refractivity contribution in [1.82, 2.24) is 9.88 Å². The van der Waals surface area contributed by atoms with Gasteiger partial charge in [-0.2, -0.15) is 0 Å². The maximum atomic E-state index is 12.2. The van der Waals surface area contributed by atoms with Crippen LogP contribution >= 0.6 is 0 Å². The summed E-state index contributed by atoms with van der Waals surface area (Å²) in [4.78, 5) is 33.6. The van der Waals surface area contributed by atoms with Crippen LogP contribution in [0.2, 0.25) is 0 Å². The van der Waals surface area contributed by atoms with Gasteiger partial charge in [0.2, 0.25) is 0 Å². The highest BCUT2D eigenvalue weighted by Crippen LogP contribution is 2.37. The summed E-state index contributed by atoms with van der Waals surface area (Å²) in [6.07, 6.45) is 3.05. The molecule has 1 aromatic heterocycles. The number of carboxylic acid groups (broad SMARTS) is 1. The van der Waals surface area contributed by atoms with Gasteiger partial charge >= 0.3 is 5.97 Å². The van der Waals surface area contributed by atoms with Crippen LogP contribution in [0.3, 0.4) is 0 Å². The minimum atomic E-state index is -1.13. The topological polar surface area (TPSA) is 114 Å². The zero-order valence-electron chi connectivity index (χ0n) is 11.8. The first-order valence-electron chi connectivity index (χ1n) is 6.71. The quantitative estimate of drug-likeness (QED) is 0.610. The highest BCUT2D eigenvalue weighted by atomic mass is 16.6. The Bertz CT molecular complexity index is 589. The van der Waals surface area contributed by atoms with Gasteiger partial charge in [0, 0.05) is 12.1 Å². The van der Waals surface area contributed by atoms with Gasteiger partial charge in [0.15, 0.2) is 0 Å². The zero-order valence-corrected chi connectivity index (χ0v) is 11.8. The molecular weight excluding hydrogens is 278 g/mol. The Morgan fingerprint density at radius 1 is 1.48 bits per heavy atom. The van der Waals surface area contributed by atoms with Crippen LogP contribution in [0.25, 0.3) is 0 Å². The lowest BCUT2D eigenvalue weighted by Crippen LogP contribution is -2.44. The number of amides is 1. The van der Waals surface area contributed by atoms with E-state index in [0.717, 1.165) is 12.8 Å². The van der Waals surface area contributed by atoms with Crippen molar-refractivity contribution in [2.75, 3.05) is 0 Å². The molecule has 0 aromatic carbocycles. The van der Waals surface area contributed by atoms with E-state index in [-0.39, 0.29) is 23.3 Å². The number of nitrogens with zero attached hydrogens (tertiary/aromatic N) is 2. The summed E-state index contributed by atoms with van der Waals surface area (Å²) in [6.45, 7) is 3.36. The SMILES string of the molecule is CC(C)[C@H](NC(=O)c1cc([N+](=O)[O-])cn1C1CC1)C(=O)O. The number of carboxylic acids is 1. The number of carbonyl (C=O) groups is 2. The van der Waals surface area contributed by atoms with Crippen LogP contribution in [0.4, 0.5) is 5.69 Å². The van der Waals surface area contributed by atoms with Crippen LogP contribution in [-0.4, -0.2) is 32.5 Å². The predicted octanol–water partition coefficient (Wildman–Crippen LogP) is 1.57. The Morgan fingerprint density at radius 3 is 2.52 bits per heavy atom. The molecule has 0 spiro atoms. The minimum Gasteiger partial charge on any atom is -0.480 e. The van der Waals surface area contributed by atoms with E-state index in [1.54, 1.807) is 18.4 Å². The second-order valence-corrected chi connectivity index (χ2v) is 5.51. The lowest BCUT2D eigenvalue weighted by molar-refractivity contribution is -0.384. The Morgan fingerprint density at radius 2 is 2.10 bits per heavy atom. The first-order valence-corrected chi connectivity index (χ1v) is 6.71. The van der Waals surface area contributed by atoms with Gasteiger partial charge in [-0.1, -0.05) is 13.8 Å². The number of carbonyl (C=O) groups excluding carboxylic acids is 1. The Balaban J connectivity index is 2.25. The van der Waals surface area contributed by atoms with Crippen molar-refractivity contribution in [2.45, 2.75) is 38.8 Å². The van der Waals surface area contributed by atoms with Crippen molar-refractivity contribution in [1.29, 1.82) is 0 Å². The number of hydrogen-bond acceptors (Lipinski definition) is 4. The molecule has 0 aliphatic heterocycles. The fourth-order valence-corrected chi connectivity index (χ4v) is 2.13. The average Bonchev–Trinajstić information content (AvgIpc) is 3.13. The molecule has 2 rings (SSSR count). The highest BCUT2D eigenvalue weighted by Gasteiger charge is 2.32. The molecule has 2 N–H and O–H groups in total. The van der Waals surface area contributed by atoms with Gasteiger partial charge < -0.3 is 15.0 Å². The molecule has 1 amide bonds. The van der Waals surface area contributed by atoms with Crippen molar-refractivity contribution >= 4 is 17.6 Å². The van der Waals surface area contributed by atoms with Gasteiger partial charge in [0.05, 0.1) is 11.1 Å². The second kappa shape index (κ2) is 5.55. The third-order valence-electron chi connectivity index (χ3n) is 3.44. The molecule has 0 unspecified atom stereocenters. The number of nitrogens with one attached hydrogen (secondary N) is 1. The summed E-state index contributed by atoms with van der Waals surface area (Å²) < 4.78 is 1.56. The lowest BCUT2D eigenvalue weighted by atomic mass is 10.0. The van der Waals surface area contributed by atoms with Gasteiger partial charge in [0.1, 0.15) is 11.7 Å². The van der Waals surface area contributed by atoms with Crippen molar-refractivity contribution in [3.63, 3.8) is 0 Å². The molecule has 1 heterocycles. The number of hydrogen-bond donors (Lipinski definition) is 2. The monoisotopic (exact) mass is 295 g/mol. The summed E-state index contributed by atoms with van der Waals surface area (Å²) in [6, 6.07) is 0.244. The zero-order chi connectivity index (χ0) is 15.7. The van der Waals surface area contributed by atoms with Gasteiger partial charge in [-0.15, -0.1) is 0 Å². The molecule has 1 saturated carbocycles. The Hall–Kier alpha value is -2.38. The predicted molar refractivity (Wildman–Crippen MR) is 73.1 cm³/mol. The summed E-state index contributed by atoms with van der Waals surface area (Å²) in [5, 5.41) is 22.4. The highest BCUT2D eigenvalue weighted by molar-refractivity contribution is 5.96. The van der Waals surface area contributed by atoms with Crippen LogP contribution in [-0.2, 0) is 4.79 Å². The molecular formula is C13H17N3O5. The fraction of sp³-hybridized carbons (Fsp3) is 0.538. The van der Waals surface area contributed by atoms with Crippen LogP contribution in [0.1, 0.15) is 43.2 Å². The molecule has 8 nitrogen and oxygen atoms in total. The number of aliphatic carboxylic acids is 1. The first kappa shape index (κ1) is 15.0. The van der Waals surface area contributed by atoms with Crippen molar-refractivity contribution in [3.05, 3.63) is 28.1 Å². The van der Waals surface area contributed by atoms with Crippen LogP contribution in [0, 0.1) is 16.0 Å². The molecule has 21 heavy (non-hydrogen) atoms. The molecule has 1 aromatic rings. The molecule has 0 bridgehead atoms. The van der Waals surface area contributed by atoms with Gasteiger partial charge in [-0.3, -0.25) is 14.9 Å². The number of nitro groups is 1. The largest absolute Gasteiger partial charge is 0.480 e. The summed E-state index contributed by atoms with van der Waals surface area (Å²) in [5.41, 5.74) is -0.0282. The second-order valence-electron chi connectivity index (χ2n) is 5.51. The van der Waals surface area contributed by atoms with E-state index in [1.165, 1.54) is 12.3 Å². The summed E-state index contributed by atoms with van der Waals surface area (Å²) in [7, 11) is 0.